The van der Waals surface area contributed by atoms with Crippen LogP contribution < -0.4 is 5.32 Å². The molecule has 0 fully saturated rings. The van der Waals surface area contributed by atoms with Crippen LogP contribution in [0.25, 0.3) is 0 Å². The molecule has 0 aromatic heterocycles. The highest BCUT2D eigenvalue weighted by molar-refractivity contribution is 8.00. The van der Waals surface area contributed by atoms with Crippen molar-refractivity contribution in [1.82, 2.24) is 0 Å². The van der Waals surface area contributed by atoms with Crippen molar-refractivity contribution in [3.05, 3.63) is 24.3 Å². The number of carbonyl (C=O) groups is 1. The molecule has 0 aliphatic heterocycles. The molecule has 1 aromatic carbocycles. The first kappa shape index (κ1) is 12.1. The quantitative estimate of drug-likeness (QED) is 0.777. The summed E-state index contributed by atoms with van der Waals surface area (Å²) in [5.74, 6) is -0.0359. The highest BCUT2D eigenvalue weighted by atomic mass is 32.2. The third kappa shape index (κ3) is 4.88. The molecule has 1 aromatic rings. The maximum atomic E-state index is 10.8. The summed E-state index contributed by atoms with van der Waals surface area (Å²) in [7, 11) is 0. The first-order chi connectivity index (χ1) is 6.87. The number of rotatable bonds is 2. The van der Waals surface area contributed by atoms with Crippen molar-refractivity contribution in [3.8, 4) is 0 Å². The Morgan fingerprint density at radius 2 is 1.73 bits per heavy atom. The normalized spacial score (nSPS) is 11.2. The van der Waals surface area contributed by atoms with Gasteiger partial charge in [-0.2, -0.15) is 0 Å². The van der Waals surface area contributed by atoms with E-state index >= 15 is 0 Å². The Balaban J connectivity index is 2.68. The van der Waals surface area contributed by atoms with Crippen LogP contribution in [0.3, 0.4) is 0 Å². The minimum absolute atomic E-state index is 0.0359. The Morgan fingerprint density at radius 3 is 2.13 bits per heavy atom. The standard InChI is InChI=1S/C12H17NOS/c1-9(14)13-10-5-7-11(8-6-10)15-12(2,3)4/h5-8H,1-4H3,(H,13,14). The van der Waals surface area contributed by atoms with E-state index in [0.717, 1.165) is 5.69 Å². The SMILES string of the molecule is CC(=O)Nc1ccc(SC(C)(C)C)cc1. The van der Waals surface area contributed by atoms with Crippen LogP contribution in [0.2, 0.25) is 0 Å². The molecule has 0 atom stereocenters. The summed E-state index contributed by atoms with van der Waals surface area (Å²) in [6.45, 7) is 8.05. The number of anilines is 1. The van der Waals surface area contributed by atoms with E-state index < -0.39 is 0 Å². The summed E-state index contributed by atoms with van der Waals surface area (Å²) in [5.41, 5.74) is 0.848. The molecule has 0 unspecified atom stereocenters. The summed E-state index contributed by atoms with van der Waals surface area (Å²) >= 11 is 1.82. The third-order valence-electron chi connectivity index (χ3n) is 1.60. The van der Waals surface area contributed by atoms with Crippen LogP contribution in [0, 0.1) is 0 Å². The molecule has 15 heavy (non-hydrogen) atoms. The third-order valence-corrected chi connectivity index (χ3v) is 2.72. The zero-order valence-electron chi connectivity index (χ0n) is 9.63. The van der Waals surface area contributed by atoms with E-state index in [9.17, 15) is 4.79 Å². The molecule has 0 spiro atoms. The van der Waals surface area contributed by atoms with E-state index in [4.69, 9.17) is 0 Å². The molecule has 0 saturated heterocycles. The van der Waals surface area contributed by atoms with Gasteiger partial charge in [0.2, 0.25) is 5.91 Å². The summed E-state index contributed by atoms with van der Waals surface area (Å²) in [4.78, 5) is 12.0. The van der Waals surface area contributed by atoms with E-state index in [1.807, 2.05) is 36.0 Å². The zero-order valence-corrected chi connectivity index (χ0v) is 10.4. The monoisotopic (exact) mass is 223 g/mol. The number of amides is 1. The molecular weight excluding hydrogens is 206 g/mol. The van der Waals surface area contributed by atoms with Gasteiger partial charge in [0.05, 0.1) is 0 Å². The van der Waals surface area contributed by atoms with Gasteiger partial charge in [-0.3, -0.25) is 4.79 Å². The fraction of sp³-hybridized carbons (Fsp3) is 0.417. The van der Waals surface area contributed by atoms with Gasteiger partial charge in [-0.15, -0.1) is 11.8 Å². The van der Waals surface area contributed by atoms with Crippen LogP contribution in [0.5, 0.6) is 0 Å². The molecule has 82 valence electrons. The molecule has 1 N–H and O–H groups in total. The van der Waals surface area contributed by atoms with Crippen LogP contribution in [-0.2, 0) is 4.79 Å². The van der Waals surface area contributed by atoms with Crippen molar-refractivity contribution >= 4 is 23.4 Å². The van der Waals surface area contributed by atoms with E-state index in [-0.39, 0.29) is 10.7 Å². The summed E-state index contributed by atoms with van der Waals surface area (Å²) < 4.78 is 0.218. The predicted molar refractivity (Wildman–Crippen MR) is 66.4 cm³/mol. The number of carbonyl (C=O) groups excluding carboxylic acids is 1. The second kappa shape index (κ2) is 4.71. The zero-order chi connectivity index (χ0) is 11.5. The average Bonchev–Trinajstić information content (AvgIpc) is 2.05. The summed E-state index contributed by atoms with van der Waals surface area (Å²) in [6, 6.07) is 7.91. The molecule has 0 aliphatic carbocycles. The Labute approximate surface area is 95.5 Å². The van der Waals surface area contributed by atoms with Crippen molar-refractivity contribution in [2.24, 2.45) is 0 Å². The van der Waals surface area contributed by atoms with E-state index in [0.29, 0.717) is 0 Å². The first-order valence-corrected chi connectivity index (χ1v) is 5.75. The van der Waals surface area contributed by atoms with Gasteiger partial charge < -0.3 is 5.32 Å². The van der Waals surface area contributed by atoms with Gasteiger partial charge in [0.15, 0.2) is 0 Å². The molecule has 0 saturated carbocycles. The van der Waals surface area contributed by atoms with Gasteiger partial charge >= 0.3 is 0 Å². The molecule has 0 radical (unpaired) electrons. The smallest absolute Gasteiger partial charge is 0.221 e. The van der Waals surface area contributed by atoms with Crippen LogP contribution in [0.1, 0.15) is 27.7 Å². The van der Waals surface area contributed by atoms with Crippen molar-refractivity contribution in [1.29, 1.82) is 0 Å². The van der Waals surface area contributed by atoms with Gasteiger partial charge in [0, 0.05) is 22.3 Å². The molecule has 1 rings (SSSR count). The number of hydrogen-bond acceptors (Lipinski definition) is 2. The molecular formula is C12H17NOS. The molecule has 3 heteroatoms. The Hall–Kier alpha value is -0.960. The maximum Gasteiger partial charge on any atom is 0.221 e. The van der Waals surface area contributed by atoms with Crippen LogP contribution in [0.15, 0.2) is 29.2 Å². The van der Waals surface area contributed by atoms with Crippen LogP contribution in [0.4, 0.5) is 5.69 Å². The van der Waals surface area contributed by atoms with Gasteiger partial charge in [0.1, 0.15) is 0 Å². The van der Waals surface area contributed by atoms with Gasteiger partial charge in [-0.1, -0.05) is 20.8 Å². The van der Waals surface area contributed by atoms with Crippen molar-refractivity contribution in [2.75, 3.05) is 5.32 Å². The van der Waals surface area contributed by atoms with Crippen molar-refractivity contribution in [3.63, 3.8) is 0 Å². The van der Waals surface area contributed by atoms with E-state index in [1.54, 1.807) is 0 Å². The fourth-order valence-electron chi connectivity index (χ4n) is 1.16. The topological polar surface area (TPSA) is 29.1 Å². The van der Waals surface area contributed by atoms with Crippen LogP contribution >= 0.6 is 11.8 Å². The number of thioether (sulfide) groups is 1. The number of hydrogen-bond donors (Lipinski definition) is 1. The second-order valence-corrected chi connectivity index (χ2v) is 6.32. The molecule has 0 aliphatic rings. The van der Waals surface area contributed by atoms with Crippen LogP contribution in [-0.4, -0.2) is 10.7 Å². The second-order valence-electron chi connectivity index (χ2n) is 4.42. The summed E-state index contributed by atoms with van der Waals surface area (Å²) in [5, 5.41) is 2.75. The number of nitrogens with one attached hydrogen (secondary N) is 1. The Kier molecular flexibility index (Phi) is 3.80. The number of benzene rings is 1. The lowest BCUT2D eigenvalue weighted by atomic mass is 10.3. The minimum atomic E-state index is -0.0359. The predicted octanol–water partition coefficient (Wildman–Crippen LogP) is 3.54. The lowest BCUT2D eigenvalue weighted by molar-refractivity contribution is -0.114. The Bertz CT molecular complexity index is 338. The first-order valence-electron chi connectivity index (χ1n) is 4.93. The van der Waals surface area contributed by atoms with Gasteiger partial charge in [0.25, 0.3) is 0 Å². The van der Waals surface area contributed by atoms with Gasteiger partial charge in [-0.05, 0) is 24.3 Å². The lowest BCUT2D eigenvalue weighted by Crippen LogP contribution is -2.07. The highest BCUT2D eigenvalue weighted by Crippen LogP contribution is 2.32. The fourth-order valence-corrected chi connectivity index (χ4v) is 2.14. The van der Waals surface area contributed by atoms with Gasteiger partial charge in [-0.25, -0.2) is 0 Å². The molecule has 1 amide bonds. The van der Waals surface area contributed by atoms with E-state index in [1.165, 1.54) is 11.8 Å². The molecule has 0 bridgehead atoms. The Morgan fingerprint density at radius 1 is 1.20 bits per heavy atom. The summed E-state index contributed by atoms with van der Waals surface area (Å²) in [6.07, 6.45) is 0. The van der Waals surface area contributed by atoms with Crippen molar-refractivity contribution in [2.45, 2.75) is 37.3 Å². The van der Waals surface area contributed by atoms with Crippen molar-refractivity contribution < 1.29 is 4.79 Å². The lowest BCUT2D eigenvalue weighted by Gasteiger charge is -2.17. The minimum Gasteiger partial charge on any atom is -0.326 e. The molecule has 0 heterocycles. The largest absolute Gasteiger partial charge is 0.326 e. The average molecular weight is 223 g/mol. The molecule has 2 nitrogen and oxygen atoms in total. The highest BCUT2D eigenvalue weighted by Gasteiger charge is 2.11. The van der Waals surface area contributed by atoms with E-state index in [2.05, 4.69) is 26.1 Å². The maximum absolute atomic E-state index is 10.8.